The second kappa shape index (κ2) is 6.92. The normalized spacial score (nSPS) is 15.9. The van der Waals surface area contributed by atoms with Gasteiger partial charge in [-0.05, 0) is 24.8 Å². The van der Waals surface area contributed by atoms with Crippen molar-refractivity contribution in [2.75, 3.05) is 6.61 Å². The van der Waals surface area contributed by atoms with Crippen molar-refractivity contribution in [2.24, 2.45) is 5.92 Å². The summed E-state index contributed by atoms with van der Waals surface area (Å²) in [4.78, 5) is 11.9. The first-order valence-electron chi connectivity index (χ1n) is 6.44. The van der Waals surface area contributed by atoms with Crippen molar-refractivity contribution in [3.8, 4) is 0 Å². The van der Waals surface area contributed by atoms with Crippen LogP contribution in [0.5, 0.6) is 0 Å². The maximum atomic E-state index is 11.9. The Morgan fingerprint density at radius 3 is 2.47 bits per heavy atom. The van der Waals surface area contributed by atoms with E-state index in [4.69, 9.17) is 16.3 Å². The van der Waals surface area contributed by atoms with Crippen LogP contribution in [0.3, 0.4) is 0 Å². The Morgan fingerprint density at radius 2 is 1.95 bits per heavy atom. The lowest BCUT2D eigenvalue weighted by Crippen LogP contribution is -2.41. The standard InChI is InChI=1S/C15H21ClO3/c1-11(2)9-10-19-14(17)15(3,18)13(16)12-7-5-4-6-8-12/h4-8,11,13,18H,9-10H2,1-3H3. The van der Waals surface area contributed by atoms with E-state index in [-0.39, 0.29) is 0 Å². The Morgan fingerprint density at radius 1 is 1.37 bits per heavy atom. The van der Waals surface area contributed by atoms with Crippen molar-refractivity contribution >= 4 is 17.6 Å². The number of benzene rings is 1. The monoisotopic (exact) mass is 284 g/mol. The summed E-state index contributed by atoms with van der Waals surface area (Å²) in [5.41, 5.74) is -1.05. The molecule has 0 heterocycles. The van der Waals surface area contributed by atoms with E-state index in [0.29, 0.717) is 18.1 Å². The topological polar surface area (TPSA) is 46.5 Å². The highest BCUT2D eigenvalue weighted by Crippen LogP contribution is 2.33. The smallest absolute Gasteiger partial charge is 0.339 e. The fourth-order valence-electron chi connectivity index (χ4n) is 1.58. The minimum atomic E-state index is -1.74. The van der Waals surface area contributed by atoms with Crippen molar-refractivity contribution in [3.63, 3.8) is 0 Å². The zero-order valence-corrected chi connectivity index (χ0v) is 12.4. The van der Waals surface area contributed by atoms with Gasteiger partial charge in [-0.2, -0.15) is 0 Å². The minimum Gasteiger partial charge on any atom is -0.464 e. The zero-order valence-electron chi connectivity index (χ0n) is 11.6. The van der Waals surface area contributed by atoms with Crippen LogP contribution in [0.25, 0.3) is 0 Å². The maximum Gasteiger partial charge on any atom is 0.339 e. The number of rotatable bonds is 6. The van der Waals surface area contributed by atoms with Crippen molar-refractivity contribution in [2.45, 2.75) is 38.2 Å². The quantitative estimate of drug-likeness (QED) is 0.644. The number of esters is 1. The molecule has 0 aliphatic rings. The first-order chi connectivity index (χ1) is 8.85. The summed E-state index contributed by atoms with van der Waals surface area (Å²) in [5, 5.41) is 9.43. The Labute approximate surface area is 119 Å². The van der Waals surface area contributed by atoms with Gasteiger partial charge in [0, 0.05) is 0 Å². The Hall–Kier alpha value is -1.06. The third-order valence-electron chi connectivity index (χ3n) is 2.93. The molecule has 0 spiro atoms. The van der Waals surface area contributed by atoms with E-state index < -0.39 is 16.9 Å². The summed E-state index contributed by atoms with van der Waals surface area (Å²) in [6.45, 7) is 5.76. The molecule has 0 fully saturated rings. The Kier molecular flexibility index (Phi) is 5.83. The fourth-order valence-corrected chi connectivity index (χ4v) is 1.82. The number of carbonyl (C=O) groups is 1. The highest BCUT2D eigenvalue weighted by Gasteiger charge is 2.40. The van der Waals surface area contributed by atoms with Gasteiger partial charge in [-0.1, -0.05) is 44.2 Å². The minimum absolute atomic E-state index is 0.297. The van der Waals surface area contributed by atoms with Gasteiger partial charge >= 0.3 is 5.97 Å². The van der Waals surface area contributed by atoms with Crippen LogP contribution >= 0.6 is 11.6 Å². The molecule has 4 heteroatoms. The molecule has 1 N–H and O–H groups in total. The average molecular weight is 285 g/mol. The Bertz CT molecular complexity index is 401. The number of aliphatic hydroxyl groups is 1. The summed E-state index contributed by atoms with van der Waals surface area (Å²) >= 11 is 6.18. The molecule has 19 heavy (non-hydrogen) atoms. The number of hydrogen-bond acceptors (Lipinski definition) is 3. The number of hydrogen-bond donors (Lipinski definition) is 1. The van der Waals surface area contributed by atoms with E-state index in [1.807, 2.05) is 32.0 Å². The maximum absolute atomic E-state index is 11.9. The average Bonchev–Trinajstić information content (AvgIpc) is 2.38. The van der Waals surface area contributed by atoms with Gasteiger partial charge in [0.25, 0.3) is 0 Å². The molecule has 0 saturated carbocycles. The molecular weight excluding hydrogens is 264 g/mol. The van der Waals surface area contributed by atoms with Crippen molar-refractivity contribution < 1.29 is 14.6 Å². The van der Waals surface area contributed by atoms with E-state index >= 15 is 0 Å². The van der Waals surface area contributed by atoms with Gasteiger partial charge in [-0.3, -0.25) is 0 Å². The van der Waals surface area contributed by atoms with Gasteiger partial charge in [0.15, 0.2) is 5.60 Å². The number of carbonyl (C=O) groups excluding carboxylic acids is 1. The predicted molar refractivity (Wildman–Crippen MR) is 76.1 cm³/mol. The van der Waals surface area contributed by atoms with E-state index in [1.165, 1.54) is 6.92 Å². The van der Waals surface area contributed by atoms with Gasteiger partial charge in [0.05, 0.1) is 12.0 Å². The molecule has 1 aromatic carbocycles. The van der Waals surface area contributed by atoms with Crippen LogP contribution in [0.1, 0.15) is 38.1 Å². The lowest BCUT2D eigenvalue weighted by Gasteiger charge is -2.26. The third kappa shape index (κ3) is 4.51. The van der Waals surface area contributed by atoms with Crippen molar-refractivity contribution in [1.82, 2.24) is 0 Å². The van der Waals surface area contributed by atoms with E-state index in [0.717, 1.165) is 6.42 Å². The van der Waals surface area contributed by atoms with Crippen LogP contribution in [-0.4, -0.2) is 23.3 Å². The largest absolute Gasteiger partial charge is 0.464 e. The molecule has 0 radical (unpaired) electrons. The second-order valence-electron chi connectivity index (χ2n) is 5.24. The van der Waals surface area contributed by atoms with E-state index in [9.17, 15) is 9.90 Å². The van der Waals surface area contributed by atoms with Crippen molar-refractivity contribution in [3.05, 3.63) is 35.9 Å². The summed E-state index contributed by atoms with van der Waals surface area (Å²) in [6, 6.07) is 9.01. The van der Waals surface area contributed by atoms with Gasteiger partial charge in [0.1, 0.15) is 0 Å². The summed E-state index contributed by atoms with van der Waals surface area (Å²) in [6.07, 6.45) is 0.764. The second-order valence-corrected chi connectivity index (χ2v) is 5.68. The summed E-state index contributed by atoms with van der Waals surface area (Å²) in [7, 11) is 0. The molecule has 0 amide bonds. The first-order valence-corrected chi connectivity index (χ1v) is 6.88. The molecule has 0 aliphatic heterocycles. The summed E-state index contributed by atoms with van der Waals surface area (Å²) < 4.78 is 5.09. The molecule has 3 nitrogen and oxygen atoms in total. The van der Waals surface area contributed by atoms with Gasteiger partial charge in [-0.25, -0.2) is 4.79 Å². The lowest BCUT2D eigenvalue weighted by atomic mass is 9.96. The molecule has 0 saturated heterocycles. The molecule has 0 aliphatic carbocycles. The molecule has 106 valence electrons. The van der Waals surface area contributed by atoms with E-state index in [1.54, 1.807) is 12.1 Å². The molecule has 1 aromatic rings. The lowest BCUT2D eigenvalue weighted by molar-refractivity contribution is -0.164. The molecular formula is C15H21ClO3. The third-order valence-corrected chi connectivity index (χ3v) is 3.60. The van der Waals surface area contributed by atoms with Crippen molar-refractivity contribution in [1.29, 1.82) is 0 Å². The molecule has 0 aromatic heterocycles. The van der Waals surface area contributed by atoms with Crippen LogP contribution in [0.15, 0.2) is 30.3 Å². The fraction of sp³-hybridized carbons (Fsp3) is 0.533. The highest BCUT2D eigenvalue weighted by molar-refractivity contribution is 6.23. The Balaban J connectivity index is 2.66. The van der Waals surface area contributed by atoms with E-state index in [2.05, 4.69) is 0 Å². The number of ether oxygens (including phenoxy) is 1. The predicted octanol–water partition coefficient (Wildman–Crippen LogP) is 3.31. The van der Waals surface area contributed by atoms with Gasteiger partial charge in [0.2, 0.25) is 0 Å². The highest BCUT2D eigenvalue weighted by atomic mass is 35.5. The zero-order chi connectivity index (χ0) is 14.5. The molecule has 2 atom stereocenters. The SMILES string of the molecule is CC(C)CCOC(=O)C(C)(O)C(Cl)c1ccccc1. The molecule has 0 bridgehead atoms. The van der Waals surface area contributed by atoms with Crippen LogP contribution in [0.2, 0.25) is 0 Å². The molecule has 2 unspecified atom stereocenters. The molecule has 1 rings (SSSR count). The van der Waals surface area contributed by atoms with Gasteiger partial charge < -0.3 is 9.84 Å². The number of alkyl halides is 1. The number of halogens is 1. The summed E-state index contributed by atoms with van der Waals surface area (Å²) in [5.74, 6) is -0.240. The van der Waals surface area contributed by atoms with Crippen LogP contribution in [-0.2, 0) is 9.53 Å². The van der Waals surface area contributed by atoms with Crippen LogP contribution in [0, 0.1) is 5.92 Å². The first kappa shape index (κ1) is 16.0. The van der Waals surface area contributed by atoms with Gasteiger partial charge in [-0.15, -0.1) is 11.6 Å². The van der Waals surface area contributed by atoms with Crippen LogP contribution in [0.4, 0.5) is 0 Å². The van der Waals surface area contributed by atoms with Crippen LogP contribution < -0.4 is 0 Å².